The molecule has 10 nitrogen and oxygen atoms in total. The first-order chi connectivity index (χ1) is 9.11. The van der Waals surface area contributed by atoms with Crippen LogP contribution in [0.4, 0.5) is 11.6 Å². The van der Waals surface area contributed by atoms with Gasteiger partial charge in [0.1, 0.15) is 0 Å². The smallest absolute Gasteiger partial charge is 0.311 e. The summed E-state index contributed by atoms with van der Waals surface area (Å²) in [6.07, 6.45) is 1.35. The van der Waals surface area contributed by atoms with Crippen LogP contribution in [0.2, 0.25) is 0 Å². The topological polar surface area (TPSA) is 134 Å². The van der Waals surface area contributed by atoms with Gasteiger partial charge in [-0.2, -0.15) is 5.10 Å². The van der Waals surface area contributed by atoms with Crippen LogP contribution >= 0.6 is 0 Å². The normalized spacial score (nSPS) is 10.8. The number of ether oxygens (including phenoxy) is 1. The highest BCUT2D eigenvalue weighted by Crippen LogP contribution is 2.26. The summed E-state index contributed by atoms with van der Waals surface area (Å²) in [5.41, 5.74) is 5.75. The molecule has 2 rings (SSSR count). The first kappa shape index (κ1) is 12.4. The second kappa shape index (κ2) is 5.08. The minimum Gasteiger partial charge on any atom is -0.490 e. The lowest BCUT2D eigenvalue weighted by molar-refractivity contribution is -0.385. The number of aromatic nitrogens is 4. The lowest BCUT2D eigenvalue weighted by Crippen LogP contribution is -2.00. The number of nitro benzene ring substituents is 1. The Labute approximate surface area is 106 Å². The molecule has 98 valence electrons. The van der Waals surface area contributed by atoms with Gasteiger partial charge in [0, 0.05) is 11.6 Å². The third-order valence-electron chi connectivity index (χ3n) is 2.19. The fourth-order valence-corrected chi connectivity index (χ4v) is 1.32. The maximum Gasteiger partial charge on any atom is 0.311 e. The fraction of sp³-hybridized carbons (Fsp3) is 0.111. The number of anilines is 1. The lowest BCUT2D eigenvalue weighted by Gasteiger charge is -2.01. The predicted molar refractivity (Wildman–Crippen MR) is 64.9 cm³/mol. The van der Waals surface area contributed by atoms with Gasteiger partial charge in [0.25, 0.3) is 5.95 Å². The molecule has 1 heterocycles. The van der Waals surface area contributed by atoms with Crippen LogP contribution in [0.1, 0.15) is 5.56 Å². The Morgan fingerprint density at radius 3 is 2.95 bits per heavy atom. The molecule has 19 heavy (non-hydrogen) atoms. The van der Waals surface area contributed by atoms with Crippen LogP contribution in [0.5, 0.6) is 5.75 Å². The maximum absolute atomic E-state index is 10.8. The summed E-state index contributed by atoms with van der Waals surface area (Å²) in [6, 6.07) is 4.40. The molecule has 0 atom stereocenters. The van der Waals surface area contributed by atoms with Crippen LogP contribution in [0.25, 0.3) is 0 Å². The van der Waals surface area contributed by atoms with E-state index in [-0.39, 0.29) is 17.4 Å². The second-order valence-corrected chi connectivity index (χ2v) is 3.36. The van der Waals surface area contributed by atoms with Gasteiger partial charge in [-0.05, 0) is 22.6 Å². The van der Waals surface area contributed by atoms with E-state index in [1.165, 1.54) is 25.5 Å². The Bertz CT molecular complexity index is 636. The first-order valence-electron chi connectivity index (χ1n) is 5.02. The average molecular weight is 263 g/mol. The number of methoxy groups -OCH3 is 1. The van der Waals surface area contributed by atoms with Gasteiger partial charge in [0.05, 0.1) is 18.2 Å². The van der Waals surface area contributed by atoms with E-state index in [9.17, 15) is 10.1 Å². The summed E-state index contributed by atoms with van der Waals surface area (Å²) in [6.45, 7) is 0. The molecule has 0 radical (unpaired) electrons. The van der Waals surface area contributed by atoms with Gasteiger partial charge >= 0.3 is 5.69 Å². The van der Waals surface area contributed by atoms with E-state index in [4.69, 9.17) is 10.5 Å². The number of benzene rings is 1. The molecule has 2 aromatic rings. The second-order valence-electron chi connectivity index (χ2n) is 3.36. The van der Waals surface area contributed by atoms with E-state index in [0.29, 0.717) is 5.56 Å². The minimum atomic E-state index is -0.540. The number of hydrogen-bond acceptors (Lipinski definition) is 8. The van der Waals surface area contributed by atoms with E-state index < -0.39 is 4.92 Å². The Kier molecular flexibility index (Phi) is 3.32. The van der Waals surface area contributed by atoms with Gasteiger partial charge in [-0.1, -0.05) is 9.89 Å². The van der Waals surface area contributed by atoms with Gasteiger partial charge in [0.2, 0.25) is 0 Å². The number of nitro groups is 1. The molecule has 0 aliphatic carbocycles. The van der Waals surface area contributed by atoms with E-state index in [1.54, 1.807) is 6.07 Å². The number of tetrazole rings is 1. The summed E-state index contributed by atoms with van der Waals surface area (Å²) >= 11 is 0. The number of hydrogen-bond donors (Lipinski definition) is 1. The van der Waals surface area contributed by atoms with Crippen LogP contribution in [0.15, 0.2) is 23.3 Å². The molecule has 1 aromatic heterocycles. The molecule has 1 aromatic carbocycles. The molecule has 0 unspecified atom stereocenters. The largest absolute Gasteiger partial charge is 0.490 e. The van der Waals surface area contributed by atoms with Crippen molar-refractivity contribution >= 4 is 17.9 Å². The van der Waals surface area contributed by atoms with Crippen molar-refractivity contribution in [3.63, 3.8) is 0 Å². The van der Waals surface area contributed by atoms with Crippen LogP contribution < -0.4 is 10.5 Å². The summed E-state index contributed by atoms with van der Waals surface area (Å²) in [5.74, 6) is 0.184. The van der Waals surface area contributed by atoms with Gasteiger partial charge in [-0.25, -0.2) is 0 Å². The highest BCUT2D eigenvalue weighted by atomic mass is 16.6. The minimum absolute atomic E-state index is 0.0132. The van der Waals surface area contributed by atoms with Crippen molar-refractivity contribution in [2.24, 2.45) is 5.10 Å². The Morgan fingerprint density at radius 1 is 1.58 bits per heavy atom. The molecular formula is C9H9N7O3. The van der Waals surface area contributed by atoms with E-state index >= 15 is 0 Å². The molecule has 0 spiro atoms. The monoisotopic (exact) mass is 263 g/mol. The number of nitrogens with two attached hydrogens (primary N) is 1. The molecule has 2 N–H and O–H groups in total. The van der Waals surface area contributed by atoms with Crippen molar-refractivity contribution < 1.29 is 9.66 Å². The SMILES string of the molecule is COc1ccc(C=Nn2nnnc2N)cc1[N+](=O)[O-]. The van der Waals surface area contributed by atoms with Crippen molar-refractivity contribution in [3.8, 4) is 5.75 Å². The van der Waals surface area contributed by atoms with E-state index in [1.807, 2.05) is 0 Å². The van der Waals surface area contributed by atoms with Gasteiger partial charge < -0.3 is 10.5 Å². The van der Waals surface area contributed by atoms with Crippen LogP contribution in [-0.4, -0.2) is 38.6 Å². The molecular weight excluding hydrogens is 254 g/mol. The zero-order chi connectivity index (χ0) is 13.8. The fourth-order valence-electron chi connectivity index (χ4n) is 1.32. The Balaban J connectivity index is 2.31. The molecule has 0 fully saturated rings. The van der Waals surface area contributed by atoms with E-state index in [0.717, 1.165) is 4.79 Å². The lowest BCUT2D eigenvalue weighted by atomic mass is 10.2. The quantitative estimate of drug-likeness (QED) is 0.467. The van der Waals surface area contributed by atoms with E-state index in [2.05, 4.69) is 20.6 Å². The van der Waals surface area contributed by atoms with Crippen molar-refractivity contribution in [1.82, 2.24) is 20.3 Å². The van der Waals surface area contributed by atoms with Gasteiger partial charge in [0.15, 0.2) is 5.75 Å². The maximum atomic E-state index is 10.8. The summed E-state index contributed by atoms with van der Waals surface area (Å²) < 4.78 is 4.89. The van der Waals surface area contributed by atoms with Gasteiger partial charge in [-0.3, -0.25) is 10.1 Å². The average Bonchev–Trinajstić information content (AvgIpc) is 2.81. The Hall–Kier alpha value is -3.04. The van der Waals surface area contributed by atoms with Crippen LogP contribution in [0, 0.1) is 10.1 Å². The molecule has 0 saturated carbocycles. The number of nitrogen functional groups attached to an aromatic ring is 1. The van der Waals surface area contributed by atoms with Crippen LogP contribution in [-0.2, 0) is 0 Å². The Morgan fingerprint density at radius 2 is 2.37 bits per heavy atom. The van der Waals surface area contributed by atoms with Crippen molar-refractivity contribution in [2.75, 3.05) is 12.8 Å². The van der Waals surface area contributed by atoms with Crippen LogP contribution in [0.3, 0.4) is 0 Å². The zero-order valence-electron chi connectivity index (χ0n) is 9.79. The predicted octanol–water partition coefficient (Wildman–Crippen LogP) is 0.0543. The third-order valence-corrected chi connectivity index (χ3v) is 2.19. The summed E-state index contributed by atoms with van der Waals surface area (Å²) in [5, 5.41) is 24.9. The first-order valence-corrected chi connectivity index (χ1v) is 5.02. The number of nitrogens with zero attached hydrogens (tertiary/aromatic N) is 6. The standard InChI is InChI=1S/C9H9N7O3/c1-19-8-3-2-6(4-7(8)16(17)18)5-11-15-9(10)12-13-14-15/h2-5H,1H3,(H2,10,12,14). The summed E-state index contributed by atoms with van der Waals surface area (Å²) in [7, 11) is 1.36. The molecule has 10 heteroatoms. The van der Waals surface area contributed by atoms with Gasteiger partial charge in [-0.15, -0.1) is 0 Å². The highest BCUT2D eigenvalue weighted by Gasteiger charge is 2.14. The molecule has 0 aliphatic rings. The highest BCUT2D eigenvalue weighted by molar-refractivity contribution is 5.81. The van der Waals surface area contributed by atoms with Crippen molar-refractivity contribution in [2.45, 2.75) is 0 Å². The molecule has 0 amide bonds. The zero-order valence-corrected chi connectivity index (χ0v) is 9.79. The summed E-state index contributed by atoms with van der Waals surface area (Å²) in [4.78, 5) is 11.3. The van der Waals surface area contributed by atoms with Crippen molar-refractivity contribution in [3.05, 3.63) is 33.9 Å². The molecule has 0 bridgehead atoms. The number of rotatable bonds is 4. The molecule has 0 saturated heterocycles. The third kappa shape index (κ3) is 2.62. The molecule has 0 aliphatic heterocycles. The van der Waals surface area contributed by atoms with Crippen molar-refractivity contribution in [1.29, 1.82) is 0 Å².